The average Bonchev–Trinajstić information content (AvgIpc) is 3.15. The fourth-order valence-electron chi connectivity index (χ4n) is 3.59. The molecule has 1 fully saturated rings. The second-order valence-electron chi connectivity index (χ2n) is 7.65. The van der Waals surface area contributed by atoms with Gasteiger partial charge in [0.2, 0.25) is 5.91 Å². The zero-order chi connectivity index (χ0) is 23.6. The van der Waals surface area contributed by atoms with Gasteiger partial charge in [-0.1, -0.05) is 6.07 Å². The van der Waals surface area contributed by atoms with Gasteiger partial charge in [0.15, 0.2) is 9.84 Å². The molecule has 2 aromatic rings. The van der Waals surface area contributed by atoms with Gasteiger partial charge in [0.1, 0.15) is 17.2 Å². The topological polar surface area (TPSA) is 138 Å². The zero-order valence-electron chi connectivity index (χ0n) is 17.3. The summed E-state index contributed by atoms with van der Waals surface area (Å²) in [6.45, 7) is 0. The number of benzene rings is 1. The summed E-state index contributed by atoms with van der Waals surface area (Å²) in [6.07, 6.45) is 1.74. The van der Waals surface area contributed by atoms with Gasteiger partial charge in [-0.25, -0.2) is 17.8 Å². The predicted molar refractivity (Wildman–Crippen MR) is 118 cm³/mol. The highest BCUT2D eigenvalue weighted by molar-refractivity contribution is 7.91. The molecule has 10 nitrogen and oxygen atoms in total. The predicted octanol–water partition coefficient (Wildman–Crippen LogP) is 1.58. The van der Waals surface area contributed by atoms with Gasteiger partial charge in [-0.3, -0.25) is 19.4 Å². The number of rotatable bonds is 5. The van der Waals surface area contributed by atoms with Gasteiger partial charge in [-0.15, -0.1) is 0 Å². The molecule has 2 N–H and O–H groups in total. The number of sulfone groups is 1. The van der Waals surface area contributed by atoms with Crippen LogP contribution in [-0.4, -0.2) is 59.4 Å². The fourth-order valence-corrected chi connectivity index (χ4v) is 5.29. The quantitative estimate of drug-likeness (QED) is 0.676. The molecular weight excluding hydrogens is 453 g/mol. The van der Waals surface area contributed by atoms with Crippen molar-refractivity contribution in [2.45, 2.75) is 25.3 Å². The Balaban J connectivity index is 1.53. The second kappa shape index (κ2) is 9.06. The number of amides is 3. The van der Waals surface area contributed by atoms with Crippen LogP contribution in [0.25, 0.3) is 0 Å². The molecular formula is C21H20FN5O5S. The summed E-state index contributed by atoms with van der Waals surface area (Å²) in [5, 5.41) is 10.3. The van der Waals surface area contributed by atoms with E-state index in [2.05, 4.69) is 20.7 Å². The molecule has 3 heterocycles. The van der Waals surface area contributed by atoms with Crippen molar-refractivity contribution in [1.29, 1.82) is 0 Å². The van der Waals surface area contributed by atoms with Crippen molar-refractivity contribution >= 4 is 44.6 Å². The maximum Gasteiger partial charge on any atom is 0.274 e. The Morgan fingerprint density at radius 1 is 1.06 bits per heavy atom. The maximum absolute atomic E-state index is 13.9. The summed E-state index contributed by atoms with van der Waals surface area (Å²) < 4.78 is 37.4. The molecule has 3 amide bonds. The number of hydrazone groups is 1. The van der Waals surface area contributed by atoms with Gasteiger partial charge in [-0.2, -0.15) is 5.10 Å². The van der Waals surface area contributed by atoms with Crippen LogP contribution >= 0.6 is 0 Å². The Kier molecular flexibility index (Phi) is 6.18. The lowest BCUT2D eigenvalue weighted by atomic mass is 10.1. The van der Waals surface area contributed by atoms with E-state index >= 15 is 0 Å². The molecule has 1 aromatic carbocycles. The van der Waals surface area contributed by atoms with Crippen LogP contribution in [-0.2, 0) is 19.4 Å². The van der Waals surface area contributed by atoms with E-state index in [1.807, 2.05) is 0 Å². The Morgan fingerprint density at radius 3 is 2.55 bits per heavy atom. The molecule has 2 aliphatic heterocycles. The number of anilines is 2. The average molecular weight is 473 g/mol. The molecule has 1 unspecified atom stereocenters. The van der Waals surface area contributed by atoms with Crippen molar-refractivity contribution in [3.05, 3.63) is 54.1 Å². The highest BCUT2D eigenvalue weighted by Gasteiger charge is 2.37. The first-order chi connectivity index (χ1) is 15.7. The molecule has 0 aliphatic carbocycles. The Hall–Kier alpha value is -3.67. The lowest BCUT2D eigenvalue weighted by molar-refractivity contribution is -0.133. The number of nitrogens with zero attached hydrogens (tertiary/aromatic N) is 3. The van der Waals surface area contributed by atoms with E-state index in [-0.39, 0.29) is 59.5 Å². The minimum Gasteiger partial charge on any atom is -0.319 e. The van der Waals surface area contributed by atoms with Gasteiger partial charge in [0.05, 0.1) is 28.9 Å². The first-order valence-electron chi connectivity index (χ1n) is 10.1. The molecule has 33 heavy (non-hydrogen) atoms. The summed E-state index contributed by atoms with van der Waals surface area (Å²) in [6, 6.07) is 7.65. The van der Waals surface area contributed by atoms with E-state index in [1.54, 1.807) is 12.1 Å². The van der Waals surface area contributed by atoms with Crippen molar-refractivity contribution in [2.75, 3.05) is 22.1 Å². The summed E-state index contributed by atoms with van der Waals surface area (Å²) in [4.78, 5) is 41.5. The normalized spacial score (nSPS) is 19.7. The first kappa shape index (κ1) is 22.5. The molecule has 12 heteroatoms. The lowest BCUT2D eigenvalue weighted by Crippen LogP contribution is -2.42. The number of carbonyl (C=O) groups is 3. The number of hydrogen-bond donors (Lipinski definition) is 2. The zero-order valence-corrected chi connectivity index (χ0v) is 18.1. The number of aromatic nitrogens is 1. The monoisotopic (exact) mass is 473 g/mol. The number of pyridine rings is 1. The Bertz CT molecular complexity index is 1250. The number of nitrogens with one attached hydrogen (secondary N) is 2. The molecule has 2 aliphatic rings. The van der Waals surface area contributed by atoms with Crippen molar-refractivity contribution < 1.29 is 27.2 Å². The van der Waals surface area contributed by atoms with Crippen LogP contribution in [0.1, 0.15) is 29.8 Å². The van der Waals surface area contributed by atoms with Crippen LogP contribution < -0.4 is 10.6 Å². The van der Waals surface area contributed by atoms with Crippen LogP contribution in [0.4, 0.5) is 15.8 Å². The van der Waals surface area contributed by atoms with Gasteiger partial charge >= 0.3 is 0 Å². The van der Waals surface area contributed by atoms with Gasteiger partial charge in [-0.05, 0) is 36.8 Å². The molecule has 0 bridgehead atoms. The molecule has 1 saturated heterocycles. The summed E-state index contributed by atoms with van der Waals surface area (Å²) >= 11 is 0. The molecule has 0 saturated carbocycles. The van der Waals surface area contributed by atoms with Crippen molar-refractivity contribution in [1.82, 2.24) is 9.99 Å². The minimum atomic E-state index is -3.25. The second-order valence-corrected chi connectivity index (χ2v) is 9.88. The van der Waals surface area contributed by atoms with Crippen molar-refractivity contribution in [3.63, 3.8) is 0 Å². The van der Waals surface area contributed by atoms with Crippen LogP contribution in [0.5, 0.6) is 0 Å². The smallest absolute Gasteiger partial charge is 0.274 e. The standard InChI is InChI=1S/C21H20FN5O5S/c22-13-4-5-15(24-20(29)16-3-1-2-9-23-16)18(11-13)25-21(30)17-6-7-19(28)27(26-17)14-8-10-33(31,32)12-14/h1-5,9,11,14H,6-8,10,12H2,(H,24,29)(H,25,30). The largest absolute Gasteiger partial charge is 0.319 e. The number of hydrogen-bond acceptors (Lipinski definition) is 7. The van der Waals surface area contributed by atoms with Gasteiger partial charge < -0.3 is 10.6 Å². The molecule has 1 atom stereocenters. The highest BCUT2D eigenvalue weighted by atomic mass is 32.2. The summed E-state index contributed by atoms with van der Waals surface area (Å²) in [5.74, 6) is -2.48. The van der Waals surface area contributed by atoms with E-state index in [9.17, 15) is 27.2 Å². The minimum absolute atomic E-state index is 0.00104. The van der Waals surface area contributed by atoms with Crippen LogP contribution in [0.3, 0.4) is 0 Å². The summed E-state index contributed by atoms with van der Waals surface area (Å²) in [7, 11) is -3.25. The van der Waals surface area contributed by atoms with E-state index in [0.29, 0.717) is 0 Å². The van der Waals surface area contributed by atoms with E-state index in [0.717, 1.165) is 17.1 Å². The van der Waals surface area contributed by atoms with Crippen molar-refractivity contribution in [2.24, 2.45) is 5.10 Å². The maximum atomic E-state index is 13.9. The molecule has 0 spiro atoms. The van der Waals surface area contributed by atoms with Gasteiger partial charge in [0, 0.05) is 19.0 Å². The highest BCUT2D eigenvalue weighted by Crippen LogP contribution is 2.25. The molecule has 0 radical (unpaired) electrons. The fraction of sp³-hybridized carbons (Fsp3) is 0.286. The first-order valence-corrected chi connectivity index (χ1v) is 12.0. The lowest BCUT2D eigenvalue weighted by Gasteiger charge is -2.27. The molecule has 1 aromatic heterocycles. The van der Waals surface area contributed by atoms with Crippen LogP contribution in [0, 0.1) is 5.82 Å². The van der Waals surface area contributed by atoms with Crippen LogP contribution in [0.15, 0.2) is 47.7 Å². The Morgan fingerprint density at radius 2 is 1.85 bits per heavy atom. The van der Waals surface area contributed by atoms with E-state index < -0.39 is 33.5 Å². The SMILES string of the molecule is O=C(Nc1cc(F)ccc1NC(=O)c1ccccn1)C1=NN(C2CCS(=O)(=O)C2)C(=O)CC1. The number of halogens is 1. The third-order valence-electron chi connectivity index (χ3n) is 5.25. The third kappa shape index (κ3) is 5.22. The van der Waals surface area contributed by atoms with Crippen molar-refractivity contribution in [3.8, 4) is 0 Å². The third-order valence-corrected chi connectivity index (χ3v) is 7.00. The molecule has 4 rings (SSSR count). The molecule has 172 valence electrons. The van der Waals surface area contributed by atoms with E-state index in [1.165, 1.54) is 18.3 Å². The van der Waals surface area contributed by atoms with E-state index in [4.69, 9.17) is 0 Å². The van der Waals surface area contributed by atoms with Gasteiger partial charge in [0.25, 0.3) is 11.8 Å². The Labute approximate surface area is 188 Å². The summed E-state index contributed by atoms with van der Waals surface area (Å²) in [5.41, 5.74) is 0.284. The van der Waals surface area contributed by atoms with Crippen LogP contribution in [0.2, 0.25) is 0 Å². The number of carbonyl (C=O) groups excluding carboxylic acids is 3.